The van der Waals surface area contributed by atoms with Crippen molar-refractivity contribution >= 4 is 80.4 Å². The summed E-state index contributed by atoms with van der Waals surface area (Å²) in [5, 5.41) is 8.68. The van der Waals surface area contributed by atoms with Crippen molar-refractivity contribution in [3.8, 4) is 0 Å². The molecule has 14 heavy (non-hydrogen) atoms. The van der Waals surface area contributed by atoms with Crippen molar-refractivity contribution in [2.45, 2.75) is 0 Å². The number of carboxylic acids is 1. The smallest absolute Gasteiger partial charge is 0.377 e. The summed E-state index contributed by atoms with van der Waals surface area (Å²) in [6.45, 7) is 0. The number of carbonyl (C=O) groups is 2. The van der Waals surface area contributed by atoms with Gasteiger partial charge in [0, 0.05) is 62.1 Å². The first kappa shape index (κ1) is 14.1. The third kappa shape index (κ3) is 3.34. The number of anilines is 1. The van der Waals surface area contributed by atoms with E-state index in [9.17, 15) is 9.59 Å². The minimum atomic E-state index is -1.55. The van der Waals surface area contributed by atoms with Crippen LogP contribution in [0.2, 0.25) is 5.02 Å². The molecule has 1 aromatic carbocycles. The van der Waals surface area contributed by atoms with Gasteiger partial charge in [0.05, 0.1) is 5.56 Å². The monoisotopic (exact) mass is 238 g/mol. The Bertz CT molecular complexity index is 381. The van der Waals surface area contributed by atoms with E-state index in [2.05, 4.69) is 0 Å². The summed E-state index contributed by atoms with van der Waals surface area (Å²) in [5.41, 5.74) is 5.41. The molecule has 0 amide bonds. The van der Waals surface area contributed by atoms with E-state index in [1.165, 1.54) is 18.2 Å². The van der Waals surface area contributed by atoms with Crippen molar-refractivity contribution < 1.29 is 14.7 Å². The number of hydrogen-bond donors (Lipinski definition) is 2. The summed E-state index contributed by atoms with van der Waals surface area (Å²) < 4.78 is 0. The van der Waals surface area contributed by atoms with Crippen LogP contribution >= 0.6 is 11.6 Å². The van der Waals surface area contributed by atoms with Gasteiger partial charge in [-0.3, -0.25) is 4.79 Å². The summed E-state index contributed by atoms with van der Waals surface area (Å²) in [7, 11) is 0. The number of nitrogens with two attached hydrogens (primary N) is 1. The Balaban J connectivity index is 0.00000169. The standard InChI is InChI=1S/C8H6ClNO3.K/c9-4-1-2-6(10)5(3-4)7(11)8(12)13;/h1-3H,10H2,(H,12,13);. The molecule has 1 radical (unpaired) electrons. The van der Waals surface area contributed by atoms with Crippen molar-refractivity contribution in [1.29, 1.82) is 0 Å². The molecule has 0 aliphatic heterocycles. The zero-order valence-electron chi connectivity index (χ0n) is 7.45. The van der Waals surface area contributed by atoms with Crippen LogP contribution < -0.4 is 5.73 Å². The van der Waals surface area contributed by atoms with Crippen LogP contribution in [0.5, 0.6) is 0 Å². The third-order valence-corrected chi connectivity index (χ3v) is 1.69. The molecule has 0 atom stereocenters. The Labute approximate surface area is 128 Å². The van der Waals surface area contributed by atoms with Gasteiger partial charge < -0.3 is 10.8 Å². The van der Waals surface area contributed by atoms with Crippen LogP contribution in [0.3, 0.4) is 0 Å². The average molecular weight is 239 g/mol. The zero-order chi connectivity index (χ0) is 10.0. The molecule has 0 saturated heterocycles. The number of benzene rings is 1. The van der Waals surface area contributed by atoms with Crippen LogP contribution in [0.1, 0.15) is 10.4 Å². The second-order valence-electron chi connectivity index (χ2n) is 2.37. The maximum Gasteiger partial charge on any atom is 0.377 e. The van der Waals surface area contributed by atoms with Gasteiger partial charge in [-0.05, 0) is 18.2 Å². The first-order valence-corrected chi connectivity index (χ1v) is 3.73. The second-order valence-corrected chi connectivity index (χ2v) is 2.80. The summed E-state index contributed by atoms with van der Waals surface area (Å²) in [5.74, 6) is -2.60. The molecule has 0 aromatic heterocycles. The van der Waals surface area contributed by atoms with Gasteiger partial charge in [0.1, 0.15) is 0 Å². The first-order chi connectivity index (χ1) is 6.02. The summed E-state index contributed by atoms with van der Waals surface area (Å²) in [6, 6.07) is 4.10. The summed E-state index contributed by atoms with van der Waals surface area (Å²) in [4.78, 5) is 21.3. The maximum atomic E-state index is 11.0. The van der Waals surface area contributed by atoms with Crippen LogP contribution in [-0.4, -0.2) is 68.2 Å². The number of ketones is 1. The number of aliphatic carboxylic acids is 1. The Morgan fingerprint density at radius 1 is 1.36 bits per heavy atom. The molecule has 4 nitrogen and oxygen atoms in total. The van der Waals surface area contributed by atoms with Gasteiger partial charge in [-0.1, -0.05) is 11.6 Å². The Hall–Kier alpha value is 0.0864. The maximum absolute atomic E-state index is 11.0. The summed E-state index contributed by atoms with van der Waals surface area (Å²) >= 11 is 5.56. The Kier molecular flexibility index (Phi) is 5.88. The van der Waals surface area contributed by atoms with Crippen molar-refractivity contribution in [3.63, 3.8) is 0 Å². The molecule has 0 saturated carbocycles. The van der Waals surface area contributed by atoms with Crippen molar-refractivity contribution in [2.75, 3.05) is 5.73 Å². The normalized spacial score (nSPS) is 8.93. The molecule has 1 aromatic rings. The molecule has 0 unspecified atom stereocenters. The molecular formula is C8H6ClKNO3. The largest absolute Gasteiger partial charge is 0.475 e. The van der Waals surface area contributed by atoms with Crippen molar-refractivity contribution in [3.05, 3.63) is 28.8 Å². The number of rotatable bonds is 2. The van der Waals surface area contributed by atoms with Gasteiger partial charge in [-0.15, -0.1) is 0 Å². The number of nitrogen functional groups attached to an aromatic ring is 1. The van der Waals surface area contributed by atoms with Gasteiger partial charge in [0.15, 0.2) is 0 Å². The SMILES string of the molecule is Nc1ccc(Cl)cc1C(=O)C(=O)O.[K]. The quantitative estimate of drug-likeness (QED) is 0.346. The minimum absolute atomic E-state index is 0. The van der Waals surface area contributed by atoms with Gasteiger partial charge in [0.2, 0.25) is 0 Å². The fraction of sp³-hybridized carbons (Fsp3) is 0. The van der Waals surface area contributed by atoms with E-state index in [1.807, 2.05) is 0 Å². The van der Waals surface area contributed by atoms with Gasteiger partial charge in [-0.2, -0.15) is 0 Å². The second kappa shape index (κ2) is 5.84. The van der Waals surface area contributed by atoms with Crippen LogP contribution in [0.25, 0.3) is 0 Å². The molecule has 1 rings (SSSR count). The number of halogens is 1. The predicted molar refractivity (Wildman–Crippen MR) is 53.6 cm³/mol. The van der Waals surface area contributed by atoms with E-state index >= 15 is 0 Å². The zero-order valence-corrected chi connectivity index (χ0v) is 11.3. The number of carboxylic acid groups (broad SMARTS) is 1. The molecule has 0 fully saturated rings. The van der Waals surface area contributed by atoms with Crippen molar-refractivity contribution in [1.82, 2.24) is 0 Å². The number of hydrogen-bond acceptors (Lipinski definition) is 3. The van der Waals surface area contributed by atoms with Gasteiger partial charge in [-0.25, -0.2) is 4.79 Å². The van der Waals surface area contributed by atoms with Crippen LogP contribution in [-0.2, 0) is 4.79 Å². The fourth-order valence-corrected chi connectivity index (χ4v) is 1.01. The molecule has 3 N–H and O–H groups in total. The number of carbonyl (C=O) groups excluding carboxylic acids is 1. The molecule has 0 spiro atoms. The van der Waals surface area contributed by atoms with E-state index in [4.69, 9.17) is 22.4 Å². The van der Waals surface area contributed by atoms with E-state index < -0.39 is 11.8 Å². The topological polar surface area (TPSA) is 80.4 Å². The van der Waals surface area contributed by atoms with Gasteiger partial charge >= 0.3 is 5.97 Å². The Morgan fingerprint density at radius 3 is 2.43 bits per heavy atom. The minimum Gasteiger partial charge on any atom is -0.475 e. The van der Waals surface area contributed by atoms with Crippen LogP contribution in [0.15, 0.2) is 18.2 Å². The Morgan fingerprint density at radius 2 is 1.93 bits per heavy atom. The van der Waals surface area contributed by atoms with Crippen LogP contribution in [0.4, 0.5) is 5.69 Å². The fourth-order valence-electron chi connectivity index (χ4n) is 0.840. The molecule has 0 bridgehead atoms. The molecule has 69 valence electrons. The molecule has 0 aliphatic carbocycles. The van der Waals surface area contributed by atoms with Crippen molar-refractivity contribution in [2.24, 2.45) is 0 Å². The van der Waals surface area contributed by atoms with E-state index in [0.29, 0.717) is 0 Å². The van der Waals surface area contributed by atoms with Gasteiger partial charge in [0.25, 0.3) is 5.78 Å². The molecular weight excluding hydrogens is 233 g/mol. The number of Topliss-reactive ketones (excluding diaryl/α,β-unsaturated/α-hetero) is 1. The average Bonchev–Trinajstić information content (AvgIpc) is 2.08. The van der Waals surface area contributed by atoms with E-state index in [1.54, 1.807) is 0 Å². The molecule has 0 heterocycles. The first-order valence-electron chi connectivity index (χ1n) is 3.35. The van der Waals surface area contributed by atoms with E-state index in [0.717, 1.165) is 0 Å². The third-order valence-electron chi connectivity index (χ3n) is 1.45. The molecule has 0 aliphatic rings. The van der Waals surface area contributed by atoms with Crippen LogP contribution in [0, 0.1) is 0 Å². The predicted octanol–water partition coefficient (Wildman–Crippen LogP) is 0.809. The van der Waals surface area contributed by atoms with E-state index in [-0.39, 0.29) is 67.7 Å². The summed E-state index contributed by atoms with van der Waals surface area (Å²) in [6.07, 6.45) is 0. The molecule has 6 heteroatoms.